The van der Waals surface area contributed by atoms with Crippen molar-refractivity contribution in [3.63, 3.8) is 0 Å². The first kappa shape index (κ1) is 29.7. The van der Waals surface area contributed by atoms with Gasteiger partial charge in [0, 0.05) is 54.4 Å². The minimum absolute atomic E-state index is 0.0163. The molecular weight excluding hydrogens is 567 g/mol. The van der Waals surface area contributed by atoms with Crippen molar-refractivity contribution in [2.45, 2.75) is 44.8 Å². The Bertz CT molecular complexity index is 1510. The number of piperazine rings is 1. The highest BCUT2D eigenvalue weighted by Crippen LogP contribution is 2.36. The van der Waals surface area contributed by atoms with Crippen LogP contribution in [0.4, 0.5) is 24.8 Å². The third-order valence-corrected chi connectivity index (χ3v) is 8.69. The first-order chi connectivity index (χ1) is 18.7. The van der Waals surface area contributed by atoms with Crippen LogP contribution in [0.25, 0.3) is 10.6 Å². The molecule has 3 aromatic rings. The summed E-state index contributed by atoms with van der Waals surface area (Å²) in [6.45, 7) is 8.18. The number of halogens is 3. The molecular formula is C26H30F3N5O4S2. The van der Waals surface area contributed by atoms with Crippen molar-refractivity contribution in [3.8, 4) is 10.6 Å². The van der Waals surface area contributed by atoms with E-state index in [0.29, 0.717) is 29.3 Å². The Morgan fingerprint density at radius 3 is 2.52 bits per heavy atom. The van der Waals surface area contributed by atoms with Crippen LogP contribution in [0.15, 0.2) is 34.7 Å². The number of nitrogens with zero attached hydrogens (tertiary/aromatic N) is 5. The van der Waals surface area contributed by atoms with Gasteiger partial charge in [0.2, 0.25) is 5.95 Å². The first-order valence-electron chi connectivity index (χ1n) is 12.6. The number of hydrogen-bond donors (Lipinski definition) is 0. The molecule has 0 N–H and O–H groups in total. The smallest absolute Gasteiger partial charge is 0.434 e. The number of aromatic nitrogens is 3. The average molecular weight is 598 g/mol. The van der Waals surface area contributed by atoms with E-state index in [1.165, 1.54) is 18.3 Å². The number of thiazole rings is 1. The van der Waals surface area contributed by atoms with Gasteiger partial charge in [0.1, 0.15) is 10.6 Å². The third-order valence-electron chi connectivity index (χ3n) is 6.56. The summed E-state index contributed by atoms with van der Waals surface area (Å²) >= 11 is 1.37. The summed E-state index contributed by atoms with van der Waals surface area (Å²) in [5.41, 5.74) is -0.0746. The highest BCUT2D eigenvalue weighted by atomic mass is 32.2. The molecule has 0 saturated carbocycles. The second-order valence-corrected chi connectivity index (χ2v) is 12.7. The third kappa shape index (κ3) is 6.22. The number of ether oxygens (including phenoxy) is 1. The molecule has 216 valence electrons. The monoisotopic (exact) mass is 597 g/mol. The molecule has 1 saturated heterocycles. The van der Waals surface area contributed by atoms with E-state index < -0.39 is 33.2 Å². The SMILES string of the molecule is CCOC(=O)c1cnc(N2CCN(c3ccc(-c4nc(C)cs4)c(S(C)(=O)=O)c3)CC2C(C)C)nc1C(F)(F)F. The number of carbonyl (C=O) groups is 1. The molecule has 1 fully saturated rings. The van der Waals surface area contributed by atoms with E-state index in [9.17, 15) is 26.4 Å². The van der Waals surface area contributed by atoms with E-state index in [1.54, 1.807) is 17.0 Å². The second-order valence-electron chi connectivity index (χ2n) is 9.85. The lowest BCUT2D eigenvalue weighted by molar-refractivity contribution is -0.141. The zero-order valence-electron chi connectivity index (χ0n) is 22.7. The molecule has 9 nitrogen and oxygen atoms in total. The Morgan fingerprint density at radius 1 is 1.23 bits per heavy atom. The van der Waals surface area contributed by atoms with Crippen LogP contribution in [0, 0.1) is 12.8 Å². The quantitative estimate of drug-likeness (QED) is 0.353. The lowest BCUT2D eigenvalue weighted by atomic mass is 9.99. The van der Waals surface area contributed by atoms with Crippen molar-refractivity contribution in [1.82, 2.24) is 15.0 Å². The molecule has 1 aliphatic heterocycles. The summed E-state index contributed by atoms with van der Waals surface area (Å²) in [6.07, 6.45) is -2.86. The summed E-state index contributed by atoms with van der Waals surface area (Å²) in [6, 6.07) is 4.90. The number of sulfone groups is 1. The van der Waals surface area contributed by atoms with Gasteiger partial charge >= 0.3 is 12.1 Å². The van der Waals surface area contributed by atoms with Crippen molar-refractivity contribution < 1.29 is 31.1 Å². The van der Waals surface area contributed by atoms with Gasteiger partial charge in [0.15, 0.2) is 15.5 Å². The first-order valence-corrected chi connectivity index (χ1v) is 15.4. The number of benzene rings is 1. The van der Waals surface area contributed by atoms with Gasteiger partial charge in [-0.05, 0) is 38.0 Å². The molecule has 1 unspecified atom stereocenters. The predicted molar refractivity (Wildman–Crippen MR) is 147 cm³/mol. The number of alkyl halides is 3. The summed E-state index contributed by atoms with van der Waals surface area (Å²) in [4.78, 5) is 28.3. The fraction of sp³-hybridized carbons (Fsp3) is 0.462. The zero-order valence-corrected chi connectivity index (χ0v) is 24.3. The molecule has 14 heteroatoms. The maximum absolute atomic E-state index is 13.8. The van der Waals surface area contributed by atoms with Crippen molar-refractivity contribution >= 4 is 38.8 Å². The Balaban J connectivity index is 1.67. The molecule has 0 spiro atoms. The minimum Gasteiger partial charge on any atom is -0.462 e. The van der Waals surface area contributed by atoms with E-state index in [2.05, 4.69) is 15.0 Å². The number of aryl methyl sites for hydroxylation is 1. The molecule has 1 aliphatic rings. The van der Waals surface area contributed by atoms with Gasteiger partial charge in [0.05, 0.1) is 17.5 Å². The van der Waals surface area contributed by atoms with Crippen LogP contribution < -0.4 is 9.80 Å². The van der Waals surface area contributed by atoms with Gasteiger partial charge in [-0.2, -0.15) is 13.2 Å². The van der Waals surface area contributed by atoms with Gasteiger partial charge in [-0.1, -0.05) is 13.8 Å². The van der Waals surface area contributed by atoms with E-state index in [0.717, 1.165) is 18.1 Å². The standard InChI is InChI=1S/C26H30F3N5O4S2/c1-6-38-24(35)19-12-30-25(32-22(19)26(27,28)29)34-10-9-33(13-20(34)15(2)3)17-7-8-18(21(11-17)40(5,36)37)23-31-16(4)14-39-23/h7-8,11-12,14-15,20H,6,9-10,13H2,1-5H3. The summed E-state index contributed by atoms with van der Waals surface area (Å²) in [5.74, 6) is -1.29. The second kappa shape index (κ2) is 11.3. The van der Waals surface area contributed by atoms with Crippen molar-refractivity contribution in [3.05, 3.63) is 46.7 Å². The summed E-state index contributed by atoms with van der Waals surface area (Å²) in [5, 5.41) is 2.46. The van der Waals surface area contributed by atoms with Crippen LogP contribution in [0.2, 0.25) is 0 Å². The predicted octanol–water partition coefficient (Wildman–Crippen LogP) is 4.86. The molecule has 2 aromatic heterocycles. The van der Waals surface area contributed by atoms with Gasteiger partial charge in [-0.25, -0.2) is 28.2 Å². The number of anilines is 2. The molecule has 40 heavy (non-hydrogen) atoms. The van der Waals surface area contributed by atoms with E-state index in [-0.39, 0.29) is 36.0 Å². The van der Waals surface area contributed by atoms with Gasteiger partial charge < -0.3 is 14.5 Å². The molecule has 1 aromatic carbocycles. The number of rotatable bonds is 7. The molecule has 0 radical (unpaired) electrons. The van der Waals surface area contributed by atoms with E-state index >= 15 is 0 Å². The van der Waals surface area contributed by atoms with Crippen LogP contribution in [0.5, 0.6) is 0 Å². The Kier molecular flexibility index (Phi) is 8.41. The molecule has 0 bridgehead atoms. The van der Waals surface area contributed by atoms with Crippen LogP contribution >= 0.6 is 11.3 Å². The number of esters is 1. The van der Waals surface area contributed by atoms with Crippen LogP contribution in [0.1, 0.15) is 42.5 Å². The molecule has 0 aliphatic carbocycles. The largest absolute Gasteiger partial charge is 0.462 e. The Labute approximate surface area is 235 Å². The fourth-order valence-electron chi connectivity index (χ4n) is 4.62. The lowest BCUT2D eigenvalue weighted by Crippen LogP contribution is -2.56. The normalized spacial score (nSPS) is 16.5. The summed E-state index contributed by atoms with van der Waals surface area (Å²) in [7, 11) is -3.59. The Hall–Kier alpha value is -3.26. The maximum Gasteiger partial charge on any atom is 0.434 e. The highest BCUT2D eigenvalue weighted by Gasteiger charge is 2.40. The lowest BCUT2D eigenvalue weighted by Gasteiger charge is -2.44. The topological polar surface area (TPSA) is 106 Å². The van der Waals surface area contributed by atoms with Gasteiger partial charge in [-0.15, -0.1) is 11.3 Å². The van der Waals surface area contributed by atoms with Crippen LogP contribution in [-0.4, -0.2) is 67.9 Å². The molecule has 0 amide bonds. The number of carbonyl (C=O) groups excluding carboxylic acids is 1. The van der Waals surface area contributed by atoms with Crippen molar-refractivity contribution in [2.24, 2.45) is 5.92 Å². The van der Waals surface area contributed by atoms with Crippen LogP contribution in [0.3, 0.4) is 0 Å². The van der Waals surface area contributed by atoms with Gasteiger partial charge in [-0.3, -0.25) is 0 Å². The van der Waals surface area contributed by atoms with Crippen LogP contribution in [-0.2, 0) is 20.8 Å². The molecule has 3 heterocycles. The van der Waals surface area contributed by atoms with Gasteiger partial charge in [0.25, 0.3) is 0 Å². The maximum atomic E-state index is 13.8. The molecule has 1 atom stereocenters. The zero-order chi connectivity index (χ0) is 29.4. The Morgan fingerprint density at radius 2 is 1.95 bits per heavy atom. The van der Waals surface area contributed by atoms with E-state index in [1.807, 2.05) is 37.1 Å². The highest BCUT2D eigenvalue weighted by molar-refractivity contribution is 7.90. The molecule has 4 rings (SSSR count). The fourth-order valence-corrected chi connectivity index (χ4v) is 6.42. The summed E-state index contributed by atoms with van der Waals surface area (Å²) < 4.78 is 71.7. The minimum atomic E-state index is -4.88. The van der Waals surface area contributed by atoms with Crippen molar-refractivity contribution in [2.75, 3.05) is 42.3 Å². The number of hydrogen-bond acceptors (Lipinski definition) is 10. The van der Waals surface area contributed by atoms with Crippen molar-refractivity contribution in [1.29, 1.82) is 0 Å². The average Bonchev–Trinajstić information content (AvgIpc) is 3.32. The van der Waals surface area contributed by atoms with E-state index in [4.69, 9.17) is 4.74 Å².